The number of carbonyl (C=O) groups excluding carboxylic acids is 2. The topological polar surface area (TPSA) is 119 Å². The van der Waals surface area contributed by atoms with Crippen LogP contribution in [0.1, 0.15) is 20.7 Å². The van der Waals surface area contributed by atoms with E-state index in [0.29, 0.717) is 11.1 Å². The van der Waals surface area contributed by atoms with Crippen LogP contribution in [-0.2, 0) is 0 Å². The lowest BCUT2D eigenvalue weighted by molar-refractivity contribution is -0.256. The number of rotatable bonds is 4. The van der Waals surface area contributed by atoms with Crippen LogP contribution in [0, 0.1) is 0 Å². The van der Waals surface area contributed by atoms with Crippen LogP contribution in [-0.4, -0.2) is 22.1 Å². The maximum atomic E-state index is 10.7. The molecule has 7 heteroatoms. The summed E-state index contributed by atoms with van der Waals surface area (Å²) in [5.41, 5.74) is 1.21. The standard InChI is InChI=1S/C16H10N2O5/c19-15(20)11-5-1-9(2-6-11)13-17-18-14(23-13)10-3-7-12(8-4-10)16(21)22/h1-8H,(H,19,20)(H,21,22)/p-2. The minimum absolute atomic E-state index is 0.0476. The summed E-state index contributed by atoms with van der Waals surface area (Å²) in [6.07, 6.45) is 0. The molecule has 0 saturated carbocycles. The summed E-state index contributed by atoms with van der Waals surface area (Å²) >= 11 is 0. The summed E-state index contributed by atoms with van der Waals surface area (Å²) in [4.78, 5) is 21.4. The number of hydrogen-bond donors (Lipinski definition) is 0. The third kappa shape index (κ3) is 2.93. The van der Waals surface area contributed by atoms with Crippen LogP contribution in [0.4, 0.5) is 0 Å². The second kappa shape index (κ2) is 5.72. The fraction of sp³-hybridized carbons (Fsp3) is 0. The van der Waals surface area contributed by atoms with Gasteiger partial charge in [0.1, 0.15) is 0 Å². The molecule has 0 aliphatic heterocycles. The van der Waals surface area contributed by atoms with E-state index in [1.807, 2.05) is 0 Å². The number of hydrogen-bond acceptors (Lipinski definition) is 7. The maximum absolute atomic E-state index is 10.7. The highest BCUT2D eigenvalue weighted by molar-refractivity contribution is 5.87. The fourth-order valence-electron chi connectivity index (χ4n) is 1.95. The van der Waals surface area contributed by atoms with Crippen molar-refractivity contribution in [2.45, 2.75) is 0 Å². The second-order valence-corrected chi connectivity index (χ2v) is 4.64. The molecule has 0 aliphatic carbocycles. The van der Waals surface area contributed by atoms with Crippen LogP contribution < -0.4 is 10.2 Å². The van der Waals surface area contributed by atoms with E-state index in [1.165, 1.54) is 48.5 Å². The number of benzene rings is 2. The maximum Gasteiger partial charge on any atom is 0.248 e. The van der Waals surface area contributed by atoms with Gasteiger partial charge in [0, 0.05) is 11.1 Å². The predicted octanol–water partition coefficient (Wildman–Crippen LogP) is 0.131. The largest absolute Gasteiger partial charge is 0.545 e. The Morgan fingerprint density at radius 1 is 0.696 bits per heavy atom. The Bertz CT molecular complexity index is 794. The van der Waals surface area contributed by atoms with Crippen LogP contribution in [0.5, 0.6) is 0 Å². The normalized spacial score (nSPS) is 10.4. The highest BCUT2D eigenvalue weighted by atomic mass is 16.4. The number of carbonyl (C=O) groups is 2. The SMILES string of the molecule is O=C([O-])c1ccc(-c2nnc(-c3ccc(C(=O)[O-])cc3)o2)cc1. The molecule has 114 valence electrons. The van der Waals surface area contributed by atoms with E-state index in [1.54, 1.807) is 0 Å². The number of aromatic nitrogens is 2. The molecule has 0 atom stereocenters. The summed E-state index contributed by atoms with van der Waals surface area (Å²) in [7, 11) is 0. The van der Waals surface area contributed by atoms with Crippen LogP contribution >= 0.6 is 0 Å². The van der Waals surface area contributed by atoms with E-state index >= 15 is 0 Å². The molecule has 1 aromatic heterocycles. The van der Waals surface area contributed by atoms with Gasteiger partial charge >= 0.3 is 0 Å². The molecule has 23 heavy (non-hydrogen) atoms. The van der Waals surface area contributed by atoms with Gasteiger partial charge in [-0.2, -0.15) is 0 Å². The zero-order chi connectivity index (χ0) is 16.4. The van der Waals surface area contributed by atoms with Gasteiger partial charge in [0.2, 0.25) is 11.8 Å². The molecule has 0 bridgehead atoms. The van der Waals surface area contributed by atoms with Crippen molar-refractivity contribution in [1.29, 1.82) is 0 Å². The molecule has 0 aliphatic rings. The molecule has 0 unspecified atom stereocenters. The Hall–Kier alpha value is -3.48. The van der Waals surface area contributed by atoms with Gasteiger partial charge in [0.25, 0.3) is 0 Å². The fourth-order valence-corrected chi connectivity index (χ4v) is 1.95. The first-order valence-electron chi connectivity index (χ1n) is 6.51. The number of carboxylic acids is 2. The van der Waals surface area contributed by atoms with E-state index < -0.39 is 11.9 Å². The molecule has 3 rings (SSSR count). The van der Waals surface area contributed by atoms with Gasteiger partial charge < -0.3 is 24.2 Å². The lowest BCUT2D eigenvalue weighted by atomic mass is 10.1. The van der Waals surface area contributed by atoms with Crippen LogP contribution in [0.3, 0.4) is 0 Å². The lowest BCUT2D eigenvalue weighted by Gasteiger charge is -2.02. The van der Waals surface area contributed by atoms with Gasteiger partial charge in [-0.3, -0.25) is 0 Å². The molecule has 0 radical (unpaired) electrons. The molecule has 0 N–H and O–H groups in total. The van der Waals surface area contributed by atoms with Crippen molar-refractivity contribution in [3.63, 3.8) is 0 Å². The van der Waals surface area contributed by atoms with Gasteiger partial charge in [0.05, 0.1) is 11.9 Å². The van der Waals surface area contributed by atoms with E-state index in [2.05, 4.69) is 10.2 Å². The number of aromatic carboxylic acids is 2. The van der Waals surface area contributed by atoms with Crippen LogP contribution in [0.2, 0.25) is 0 Å². The molecular weight excluding hydrogens is 300 g/mol. The van der Waals surface area contributed by atoms with Gasteiger partial charge in [-0.05, 0) is 35.4 Å². The number of carboxylic acid groups (broad SMARTS) is 2. The van der Waals surface area contributed by atoms with Crippen molar-refractivity contribution >= 4 is 11.9 Å². The Labute approximate surface area is 129 Å². The molecule has 0 saturated heterocycles. The third-order valence-corrected chi connectivity index (χ3v) is 3.16. The Balaban J connectivity index is 1.87. The smallest absolute Gasteiger partial charge is 0.248 e. The average Bonchev–Trinajstić information content (AvgIpc) is 3.05. The van der Waals surface area contributed by atoms with Crippen LogP contribution in [0.25, 0.3) is 22.9 Å². The summed E-state index contributed by atoms with van der Waals surface area (Å²) < 4.78 is 5.51. The molecular formula is C16H8N2O5-2. The van der Waals surface area contributed by atoms with Gasteiger partial charge in [-0.15, -0.1) is 10.2 Å². The van der Waals surface area contributed by atoms with Crippen molar-refractivity contribution in [1.82, 2.24) is 10.2 Å². The van der Waals surface area contributed by atoms with Crippen molar-refractivity contribution in [2.75, 3.05) is 0 Å². The highest BCUT2D eigenvalue weighted by Gasteiger charge is 2.10. The Kier molecular flexibility index (Phi) is 3.60. The minimum Gasteiger partial charge on any atom is -0.545 e. The third-order valence-electron chi connectivity index (χ3n) is 3.16. The van der Waals surface area contributed by atoms with E-state index in [0.717, 1.165) is 0 Å². The highest BCUT2D eigenvalue weighted by Crippen LogP contribution is 2.24. The van der Waals surface area contributed by atoms with Crippen LogP contribution in [0.15, 0.2) is 52.9 Å². The average molecular weight is 308 g/mol. The molecule has 1 heterocycles. The van der Waals surface area contributed by atoms with E-state index in [9.17, 15) is 19.8 Å². The van der Waals surface area contributed by atoms with Crippen molar-refractivity contribution in [3.8, 4) is 22.9 Å². The number of nitrogens with zero attached hydrogens (tertiary/aromatic N) is 2. The first-order chi connectivity index (χ1) is 11.0. The van der Waals surface area contributed by atoms with E-state index in [-0.39, 0.29) is 22.9 Å². The van der Waals surface area contributed by atoms with Crippen molar-refractivity contribution in [3.05, 3.63) is 59.7 Å². The van der Waals surface area contributed by atoms with E-state index in [4.69, 9.17) is 4.42 Å². The van der Waals surface area contributed by atoms with Crippen molar-refractivity contribution in [2.24, 2.45) is 0 Å². The van der Waals surface area contributed by atoms with Crippen molar-refractivity contribution < 1.29 is 24.2 Å². The molecule has 3 aromatic rings. The van der Waals surface area contributed by atoms with Gasteiger partial charge in [-0.1, -0.05) is 24.3 Å². The van der Waals surface area contributed by atoms with Gasteiger partial charge in [-0.25, -0.2) is 0 Å². The second-order valence-electron chi connectivity index (χ2n) is 4.64. The Morgan fingerprint density at radius 2 is 1.04 bits per heavy atom. The molecule has 0 amide bonds. The molecule has 0 spiro atoms. The summed E-state index contributed by atoms with van der Waals surface area (Å²) in [5.74, 6) is -2.10. The first kappa shape index (κ1) is 14.5. The quantitative estimate of drug-likeness (QED) is 0.672. The monoisotopic (exact) mass is 308 g/mol. The van der Waals surface area contributed by atoms with Gasteiger partial charge in [0.15, 0.2) is 0 Å². The molecule has 2 aromatic carbocycles. The summed E-state index contributed by atoms with van der Waals surface area (Å²) in [6.45, 7) is 0. The predicted molar refractivity (Wildman–Crippen MR) is 73.8 cm³/mol. The first-order valence-corrected chi connectivity index (χ1v) is 6.51. The molecule has 0 fully saturated rings. The zero-order valence-corrected chi connectivity index (χ0v) is 11.6. The zero-order valence-electron chi connectivity index (χ0n) is 11.6. The molecule has 7 nitrogen and oxygen atoms in total. The summed E-state index contributed by atoms with van der Waals surface area (Å²) in [6, 6.07) is 11.6. The summed E-state index contributed by atoms with van der Waals surface area (Å²) in [5, 5.41) is 29.2. The lowest BCUT2D eigenvalue weighted by Crippen LogP contribution is -2.21. The Morgan fingerprint density at radius 3 is 1.35 bits per heavy atom. The minimum atomic E-state index is -1.27.